The third kappa shape index (κ3) is 3.64. The van der Waals surface area contributed by atoms with Gasteiger partial charge in [0.15, 0.2) is 5.84 Å². The zero-order valence-corrected chi connectivity index (χ0v) is 18.3. The summed E-state index contributed by atoms with van der Waals surface area (Å²) < 4.78 is 21.0. The number of aryl methyl sites for hydroxylation is 1. The highest BCUT2D eigenvalue weighted by Crippen LogP contribution is 2.43. The molecule has 2 aromatic carbocycles. The van der Waals surface area contributed by atoms with Crippen molar-refractivity contribution < 1.29 is 14.0 Å². The number of halogens is 1. The minimum absolute atomic E-state index is 0.266. The first kappa shape index (κ1) is 20.3. The predicted molar refractivity (Wildman–Crippen MR) is 121 cm³/mol. The summed E-state index contributed by atoms with van der Waals surface area (Å²) in [7, 11) is 1.66. The summed E-state index contributed by atoms with van der Waals surface area (Å²) in [6, 6.07) is 12.8. The molecule has 5 rings (SSSR count). The third-order valence-corrected chi connectivity index (χ3v) is 5.93. The summed E-state index contributed by atoms with van der Waals surface area (Å²) in [6.45, 7) is 3.93. The van der Waals surface area contributed by atoms with Crippen molar-refractivity contribution in [1.82, 2.24) is 14.5 Å². The molecule has 1 fully saturated rings. The highest BCUT2D eigenvalue weighted by atomic mass is 19.1. The molecule has 1 aliphatic carbocycles. The first-order chi connectivity index (χ1) is 15.5. The lowest BCUT2D eigenvalue weighted by atomic mass is 10.0. The number of ether oxygens (including phenoxy) is 1. The van der Waals surface area contributed by atoms with E-state index in [2.05, 4.69) is 15.0 Å². The number of aromatic nitrogens is 2. The molecule has 2 heterocycles. The van der Waals surface area contributed by atoms with Gasteiger partial charge in [-0.3, -0.25) is 0 Å². The molecule has 1 aliphatic heterocycles. The Morgan fingerprint density at radius 3 is 2.59 bits per heavy atom. The van der Waals surface area contributed by atoms with Crippen molar-refractivity contribution in [3.05, 3.63) is 83.7 Å². The van der Waals surface area contributed by atoms with Gasteiger partial charge in [0, 0.05) is 24.7 Å². The van der Waals surface area contributed by atoms with Crippen LogP contribution in [0.25, 0.3) is 11.8 Å². The van der Waals surface area contributed by atoms with E-state index in [1.807, 2.05) is 55.0 Å². The van der Waals surface area contributed by atoms with Crippen molar-refractivity contribution in [2.45, 2.75) is 38.5 Å². The number of hydrogen-bond donors (Lipinski definition) is 0. The Morgan fingerprint density at radius 1 is 1.16 bits per heavy atom. The highest BCUT2D eigenvalue weighted by molar-refractivity contribution is 5.97. The Kier molecular flexibility index (Phi) is 4.96. The lowest BCUT2D eigenvalue weighted by Gasteiger charge is -2.34. The Hall–Kier alpha value is -3.61. The molecular formula is C25H25FN4O2. The van der Waals surface area contributed by atoms with Crippen LogP contribution in [0.15, 0.2) is 66.2 Å². The fourth-order valence-corrected chi connectivity index (χ4v) is 4.11. The van der Waals surface area contributed by atoms with Crippen LogP contribution >= 0.6 is 0 Å². The largest absolute Gasteiger partial charge is 0.495 e. The SMILES string of the molecule is COc1cc(/C=C/C2=NOC(C)(c3ccc(F)cc3)N2C2CC2)ccc1-n1cnc(C)c1. The van der Waals surface area contributed by atoms with Crippen molar-refractivity contribution in [3.8, 4) is 11.4 Å². The molecular weight excluding hydrogens is 407 g/mol. The molecule has 0 amide bonds. The van der Waals surface area contributed by atoms with Crippen LogP contribution in [0.3, 0.4) is 0 Å². The highest BCUT2D eigenvalue weighted by Gasteiger charge is 2.49. The van der Waals surface area contributed by atoms with Crippen LogP contribution in [0.4, 0.5) is 4.39 Å². The van der Waals surface area contributed by atoms with E-state index in [0.717, 1.165) is 46.9 Å². The summed E-state index contributed by atoms with van der Waals surface area (Å²) in [6.07, 6.45) is 9.86. The maximum atomic E-state index is 13.4. The van der Waals surface area contributed by atoms with Crippen LogP contribution in [-0.4, -0.2) is 33.4 Å². The quantitative estimate of drug-likeness (QED) is 0.549. The van der Waals surface area contributed by atoms with Crippen LogP contribution in [0.1, 0.15) is 36.6 Å². The molecule has 0 bridgehead atoms. The van der Waals surface area contributed by atoms with Crippen LogP contribution in [-0.2, 0) is 10.6 Å². The summed E-state index contributed by atoms with van der Waals surface area (Å²) in [5.41, 5.74) is 2.97. The first-order valence-electron chi connectivity index (χ1n) is 10.7. The van der Waals surface area contributed by atoms with Gasteiger partial charge in [-0.1, -0.05) is 29.4 Å². The van der Waals surface area contributed by atoms with Gasteiger partial charge in [-0.15, -0.1) is 0 Å². The zero-order chi connectivity index (χ0) is 22.3. The Balaban J connectivity index is 1.41. The van der Waals surface area contributed by atoms with Gasteiger partial charge in [0.25, 0.3) is 0 Å². The molecule has 0 spiro atoms. The Bertz CT molecular complexity index is 1200. The number of amidine groups is 1. The monoisotopic (exact) mass is 432 g/mol. The number of oxime groups is 1. The summed E-state index contributed by atoms with van der Waals surface area (Å²) in [5.74, 6) is 1.24. The van der Waals surface area contributed by atoms with Crippen molar-refractivity contribution in [1.29, 1.82) is 0 Å². The van der Waals surface area contributed by atoms with Crippen LogP contribution in [0, 0.1) is 12.7 Å². The topological polar surface area (TPSA) is 51.9 Å². The summed E-state index contributed by atoms with van der Waals surface area (Å²) >= 11 is 0. The van der Waals surface area contributed by atoms with Gasteiger partial charge < -0.3 is 19.0 Å². The fraction of sp³-hybridized carbons (Fsp3) is 0.280. The molecule has 164 valence electrons. The number of rotatable bonds is 6. The van der Waals surface area contributed by atoms with Gasteiger partial charge in [-0.05, 0) is 55.7 Å². The van der Waals surface area contributed by atoms with E-state index in [1.54, 1.807) is 25.6 Å². The lowest BCUT2D eigenvalue weighted by molar-refractivity contribution is -0.0934. The smallest absolute Gasteiger partial charge is 0.234 e. The van der Waals surface area contributed by atoms with Gasteiger partial charge in [0.05, 0.1) is 24.8 Å². The van der Waals surface area contributed by atoms with E-state index in [-0.39, 0.29) is 5.82 Å². The Labute approximate surface area is 186 Å². The number of benzene rings is 2. The van der Waals surface area contributed by atoms with Crippen LogP contribution in [0.5, 0.6) is 5.75 Å². The number of methoxy groups -OCH3 is 1. The molecule has 0 saturated heterocycles. The molecule has 2 aliphatic rings. The molecule has 7 heteroatoms. The second-order valence-corrected chi connectivity index (χ2v) is 8.32. The normalized spacial score (nSPS) is 20.5. The van der Waals surface area contributed by atoms with Crippen molar-refractivity contribution in [3.63, 3.8) is 0 Å². The average molecular weight is 432 g/mol. The summed E-state index contributed by atoms with van der Waals surface area (Å²) in [4.78, 5) is 12.4. The molecule has 6 nitrogen and oxygen atoms in total. The number of imidazole rings is 1. The average Bonchev–Trinajstić information content (AvgIpc) is 3.44. The molecule has 3 aromatic rings. The standard InChI is InChI=1S/C25H25FN4O2/c1-17-15-29(16-27-17)22-12-4-18(14-23(22)31-3)5-13-24-28-32-25(2,30(24)21-10-11-21)19-6-8-20(26)9-7-19/h4-9,12-16,21H,10-11H2,1-3H3/b13-5+. The second-order valence-electron chi connectivity index (χ2n) is 8.32. The van der Waals surface area contributed by atoms with Crippen molar-refractivity contribution in [2.75, 3.05) is 7.11 Å². The minimum atomic E-state index is -0.755. The molecule has 32 heavy (non-hydrogen) atoms. The van der Waals surface area contributed by atoms with Gasteiger partial charge in [-0.2, -0.15) is 0 Å². The van der Waals surface area contributed by atoms with E-state index in [4.69, 9.17) is 9.57 Å². The van der Waals surface area contributed by atoms with E-state index in [0.29, 0.717) is 6.04 Å². The molecule has 1 unspecified atom stereocenters. The van der Waals surface area contributed by atoms with Gasteiger partial charge >= 0.3 is 0 Å². The van der Waals surface area contributed by atoms with Gasteiger partial charge in [0.2, 0.25) is 5.72 Å². The van der Waals surface area contributed by atoms with Gasteiger partial charge in [0.1, 0.15) is 11.6 Å². The lowest BCUT2D eigenvalue weighted by Crippen LogP contribution is -2.44. The van der Waals surface area contributed by atoms with Crippen molar-refractivity contribution >= 4 is 11.9 Å². The molecule has 1 saturated carbocycles. The van der Waals surface area contributed by atoms with Crippen molar-refractivity contribution in [2.24, 2.45) is 5.16 Å². The predicted octanol–water partition coefficient (Wildman–Crippen LogP) is 5.02. The molecule has 1 aromatic heterocycles. The van der Waals surface area contributed by atoms with Gasteiger partial charge in [-0.25, -0.2) is 9.37 Å². The number of nitrogens with zero attached hydrogens (tertiary/aromatic N) is 4. The number of hydrogen-bond acceptors (Lipinski definition) is 5. The molecule has 0 N–H and O–H groups in total. The van der Waals surface area contributed by atoms with Crippen LogP contribution in [0.2, 0.25) is 0 Å². The maximum absolute atomic E-state index is 13.4. The van der Waals surface area contributed by atoms with E-state index >= 15 is 0 Å². The van der Waals surface area contributed by atoms with E-state index in [9.17, 15) is 4.39 Å². The Morgan fingerprint density at radius 2 is 1.94 bits per heavy atom. The fourth-order valence-electron chi connectivity index (χ4n) is 4.11. The maximum Gasteiger partial charge on any atom is 0.234 e. The first-order valence-corrected chi connectivity index (χ1v) is 10.7. The molecule has 0 radical (unpaired) electrons. The van der Waals surface area contributed by atoms with E-state index in [1.165, 1.54) is 12.1 Å². The van der Waals surface area contributed by atoms with Crippen LogP contribution < -0.4 is 4.74 Å². The molecule has 1 atom stereocenters. The third-order valence-electron chi connectivity index (χ3n) is 5.93. The summed E-state index contributed by atoms with van der Waals surface area (Å²) in [5, 5.41) is 4.37. The van der Waals surface area contributed by atoms with E-state index < -0.39 is 5.72 Å². The zero-order valence-electron chi connectivity index (χ0n) is 18.3. The second kappa shape index (κ2) is 7.82. The minimum Gasteiger partial charge on any atom is -0.495 e.